The summed E-state index contributed by atoms with van der Waals surface area (Å²) >= 11 is 0. The molecule has 0 heterocycles. The Hall–Kier alpha value is -4.91. The van der Waals surface area contributed by atoms with Crippen LogP contribution in [0.5, 0.6) is 11.5 Å². The number of benzene rings is 4. The van der Waals surface area contributed by atoms with E-state index in [9.17, 15) is 9.59 Å². The molecule has 238 valence electrons. The summed E-state index contributed by atoms with van der Waals surface area (Å²) in [6.07, 6.45) is 4.30. The third-order valence-electron chi connectivity index (χ3n) is 8.08. The minimum Gasteiger partial charge on any atom is -0.470 e. The van der Waals surface area contributed by atoms with Crippen molar-refractivity contribution in [3.63, 3.8) is 0 Å². The summed E-state index contributed by atoms with van der Waals surface area (Å²) < 4.78 is 17.6. The topological polar surface area (TPSA) is 83.4 Å². The number of esters is 2. The van der Waals surface area contributed by atoms with Gasteiger partial charge in [-0.2, -0.15) is 0 Å². The second-order valence-electron chi connectivity index (χ2n) is 12.7. The molecule has 46 heavy (non-hydrogen) atoms. The van der Waals surface area contributed by atoms with E-state index in [1.165, 1.54) is 0 Å². The maximum absolute atomic E-state index is 13.9. The lowest BCUT2D eigenvalue weighted by atomic mass is 9.69. The zero-order chi connectivity index (χ0) is 32.4. The highest BCUT2D eigenvalue weighted by Crippen LogP contribution is 2.41. The van der Waals surface area contributed by atoms with Crippen molar-refractivity contribution >= 4 is 17.8 Å². The summed E-state index contributed by atoms with van der Waals surface area (Å²) in [4.78, 5) is 31.9. The highest BCUT2D eigenvalue weighted by Gasteiger charge is 2.43. The molecule has 0 amide bonds. The molecule has 0 aromatic heterocycles. The first-order chi connectivity index (χ1) is 22.2. The quantitative estimate of drug-likeness (QED) is 0.0582. The average Bonchev–Trinajstić information content (AvgIpc) is 3.08. The van der Waals surface area contributed by atoms with Crippen LogP contribution in [-0.4, -0.2) is 17.8 Å². The third-order valence-corrected chi connectivity index (χ3v) is 8.08. The molecule has 0 aliphatic heterocycles. The zero-order valence-corrected chi connectivity index (χ0v) is 26.7. The molecule has 1 aliphatic rings. The Labute approximate surface area is 271 Å². The average molecular weight is 620 g/mol. The van der Waals surface area contributed by atoms with Gasteiger partial charge in [0.15, 0.2) is 0 Å². The van der Waals surface area contributed by atoms with Gasteiger partial charge in [-0.3, -0.25) is 9.59 Å². The van der Waals surface area contributed by atoms with Gasteiger partial charge in [-0.25, -0.2) is 0 Å². The van der Waals surface area contributed by atoms with Crippen molar-refractivity contribution < 1.29 is 28.6 Å². The minimum absolute atomic E-state index is 0.292. The predicted octanol–water partition coefficient (Wildman–Crippen LogP) is 8.54. The number of nitrogens with zero attached hydrogens (tertiary/aromatic N) is 1. The minimum atomic E-state index is -0.778. The molecule has 4 aromatic rings. The molecule has 7 heteroatoms. The lowest BCUT2D eigenvalue weighted by molar-refractivity contribution is -0.143. The van der Waals surface area contributed by atoms with Crippen LogP contribution in [0.15, 0.2) is 114 Å². The van der Waals surface area contributed by atoms with E-state index in [0.717, 1.165) is 36.0 Å². The van der Waals surface area contributed by atoms with Gasteiger partial charge >= 0.3 is 11.9 Å². The van der Waals surface area contributed by atoms with Gasteiger partial charge in [0.2, 0.25) is 0 Å². The SMILES string of the molecule is CC(C)(C)C(=O)Oc1ccc(C2(C(=O)Oc3ccc(/C(=N\OCc4ccccc4)OCc4ccccc4)cc3)CCCCC2)cc1. The van der Waals surface area contributed by atoms with Crippen LogP contribution in [0.3, 0.4) is 0 Å². The number of carbonyl (C=O) groups is 2. The molecule has 5 rings (SSSR count). The lowest BCUT2D eigenvalue weighted by Gasteiger charge is -2.35. The standard InChI is InChI=1S/C39H41NO6/c1-38(2,3)36(41)45-34-23-19-32(20-24-34)39(25-11-6-12-26-39)37(42)46-33-21-17-31(18-22-33)35(43-27-29-13-7-4-8-14-29)40-44-28-30-15-9-5-10-16-30/h4-5,7-10,13-24H,6,11-12,25-28H2,1-3H3/b40-35+. The maximum atomic E-state index is 13.9. The maximum Gasteiger partial charge on any atom is 0.321 e. The first-order valence-corrected chi connectivity index (χ1v) is 15.8. The number of oxime groups is 1. The van der Waals surface area contributed by atoms with Crippen LogP contribution in [0.1, 0.15) is 75.1 Å². The van der Waals surface area contributed by atoms with E-state index in [0.29, 0.717) is 49.0 Å². The second kappa shape index (κ2) is 14.9. The molecule has 4 aromatic carbocycles. The third kappa shape index (κ3) is 8.42. The van der Waals surface area contributed by atoms with Crippen molar-refractivity contribution in [1.82, 2.24) is 0 Å². The van der Waals surface area contributed by atoms with Crippen LogP contribution < -0.4 is 9.47 Å². The molecule has 1 aliphatic carbocycles. The fourth-order valence-corrected chi connectivity index (χ4v) is 5.37. The summed E-state index contributed by atoms with van der Waals surface area (Å²) in [7, 11) is 0. The summed E-state index contributed by atoms with van der Waals surface area (Å²) in [6, 6.07) is 34.0. The molecule has 7 nitrogen and oxygen atoms in total. The monoisotopic (exact) mass is 619 g/mol. The summed E-state index contributed by atoms with van der Waals surface area (Å²) in [5.74, 6) is 0.616. The fourth-order valence-electron chi connectivity index (χ4n) is 5.37. The molecule has 0 spiro atoms. The van der Waals surface area contributed by atoms with Crippen LogP contribution in [0.4, 0.5) is 0 Å². The van der Waals surface area contributed by atoms with Crippen molar-refractivity contribution in [2.24, 2.45) is 10.6 Å². The number of hydrogen-bond acceptors (Lipinski definition) is 7. The van der Waals surface area contributed by atoms with Crippen molar-refractivity contribution in [3.8, 4) is 11.5 Å². The van der Waals surface area contributed by atoms with Crippen molar-refractivity contribution in [1.29, 1.82) is 0 Å². The number of carbonyl (C=O) groups excluding carboxylic acids is 2. The summed E-state index contributed by atoms with van der Waals surface area (Å²) in [5.41, 5.74) is 2.16. The smallest absolute Gasteiger partial charge is 0.321 e. The molecular formula is C39H41NO6. The first-order valence-electron chi connectivity index (χ1n) is 15.8. The Morgan fingerprint density at radius 2 is 1.22 bits per heavy atom. The van der Waals surface area contributed by atoms with E-state index in [2.05, 4.69) is 5.16 Å². The predicted molar refractivity (Wildman–Crippen MR) is 177 cm³/mol. The van der Waals surface area contributed by atoms with Crippen LogP contribution in [0.2, 0.25) is 0 Å². The van der Waals surface area contributed by atoms with Gasteiger partial charge in [0, 0.05) is 5.56 Å². The Kier molecular flexibility index (Phi) is 10.5. The van der Waals surface area contributed by atoms with Gasteiger partial charge in [-0.05, 0) is 91.9 Å². The van der Waals surface area contributed by atoms with Crippen LogP contribution in [0.25, 0.3) is 0 Å². The molecule has 0 N–H and O–H groups in total. The normalized spacial score (nSPS) is 14.6. The highest BCUT2D eigenvalue weighted by molar-refractivity contribution is 5.94. The molecule has 0 unspecified atom stereocenters. The van der Waals surface area contributed by atoms with E-state index in [1.807, 2.05) is 106 Å². The van der Waals surface area contributed by atoms with Crippen molar-refractivity contribution in [2.45, 2.75) is 71.5 Å². The Morgan fingerprint density at radius 3 is 1.80 bits per heavy atom. The van der Waals surface area contributed by atoms with Crippen molar-refractivity contribution in [3.05, 3.63) is 131 Å². The number of rotatable bonds is 10. The Morgan fingerprint density at radius 1 is 0.674 bits per heavy atom. The largest absolute Gasteiger partial charge is 0.470 e. The first kappa shape index (κ1) is 32.5. The van der Waals surface area contributed by atoms with Gasteiger partial charge in [0.25, 0.3) is 5.90 Å². The second-order valence-corrected chi connectivity index (χ2v) is 12.7. The fraction of sp³-hybridized carbons (Fsp3) is 0.308. The van der Waals surface area contributed by atoms with Crippen molar-refractivity contribution in [2.75, 3.05) is 0 Å². The van der Waals surface area contributed by atoms with Gasteiger partial charge in [-0.1, -0.05) is 92.1 Å². The van der Waals surface area contributed by atoms with E-state index < -0.39 is 10.8 Å². The van der Waals surface area contributed by atoms with E-state index in [1.54, 1.807) is 24.3 Å². The molecule has 0 atom stereocenters. The lowest BCUT2D eigenvalue weighted by Crippen LogP contribution is -2.41. The molecule has 1 saturated carbocycles. The highest BCUT2D eigenvalue weighted by atomic mass is 16.6. The molecular weight excluding hydrogens is 578 g/mol. The zero-order valence-electron chi connectivity index (χ0n) is 26.7. The van der Waals surface area contributed by atoms with Gasteiger partial charge in [0.05, 0.1) is 10.8 Å². The number of hydrogen-bond donors (Lipinski definition) is 0. The Balaban J connectivity index is 1.30. The van der Waals surface area contributed by atoms with Crippen LogP contribution in [-0.2, 0) is 37.8 Å². The molecule has 0 bridgehead atoms. The van der Waals surface area contributed by atoms with Crippen LogP contribution in [0, 0.1) is 5.41 Å². The molecule has 1 fully saturated rings. The molecule has 0 radical (unpaired) electrons. The summed E-state index contributed by atoms with van der Waals surface area (Å²) in [6.45, 7) is 6.07. The van der Waals surface area contributed by atoms with Gasteiger partial charge in [-0.15, -0.1) is 0 Å². The van der Waals surface area contributed by atoms with E-state index in [4.69, 9.17) is 19.0 Å². The van der Waals surface area contributed by atoms with Gasteiger partial charge in [0.1, 0.15) is 24.7 Å². The Bertz CT molecular complexity index is 1600. The van der Waals surface area contributed by atoms with Gasteiger partial charge < -0.3 is 19.0 Å². The number of ether oxygens (including phenoxy) is 3. The van der Waals surface area contributed by atoms with E-state index in [-0.39, 0.29) is 11.9 Å². The van der Waals surface area contributed by atoms with E-state index >= 15 is 0 Å². The molecule has 0 saturated heterocycles. The van der Waals surface area contributed by atoms with Crippen LogP contribution >= 0.6 is 0 Å². The summed E-state index contributed by atoms with van der Waals surface area (Å²) in [5, 5.41) is 4.31.